The maximum absolute atomic E-state index is 13.3. The highest BCUT2D eigenvalue weighted by Crippen LogP contribution is 2.19. The summed E-state index contributed by atoms with van der Waals surface area (Å²) in [5.74, 6) is 0.926. The molecule has 0 unspecified atom stereocenters. The van der Waals surface area contributed by atoms with Crippen molar-refractivity contribution in [3.8, 4) is 0 Å². The van der Waals surface area contributed by atoms with E-state index in [0.717, 1.165) is 23.2 Å². The van der Waals surface area contributed by atoms with E-state index in [-0.39, 0.29) is 0 Å². The predicted octanol–water partition coefficient (Wildman–Crippen LogP) is 3.46. The Labute approximate surface area is 150 Å². The summed E-state index contributed by atoms with van der Waals surface area (Å²) in [6, 6.07) is 0.455. The molecule has 2 heterocycles. The molecule has 1 aromatic heterocycles. The van der Waals surface area contributed by atoms with Crippen LogP contribution in [0.2, 0.25) is 0 Å². The summed E-state index contributed by atoms with van der Waals surface area (Å²) in [7, 11) is 0. The van der Waals surface area contributed by atoms with Crippen molar-refractivity contribution in [2.24, 2.45) is 0 Å². The highest BCUT2D eigenvalue weighted by Gasteiger charge is 2.20. The largest absolute Gasteiger partial charge is 0.353 e. The summed E-state index contributed by atoms with van der Waals surface area (Å²) >= 11 is 0. The van der Waals surface area contributed by atoms with E-state index in [0.29, 0.717) is 17.0 Å². The molecule has 0 aliphatic carbocycles. The van der Waals surface area contributed by atoms with Gasteiger partial charge in [-0.2, -0.15) is 0 Å². The first-order chi connectivity index (χ1) is 12.1. The molecule has 0 radical (unpaired) electrons. The molecular weight excluding hydrogens is 313 g/mol. The van der Waals surface area contributed by atoms with Crippen molar-refractivity contribution in [3.05, 3.63) is 52.3 Å². The number of halogens is 1. The number of hydrogen-bond acceptors (Lipinski definition) is 3. The number of nitrogens with zero attached hydrogens (tertiary/aromatic N) is 3. The molecule has 1 saturated heterocycles. The van der Waals surface area contributed by atoms with Crippen LogP contribution in [-0.2, 0) is 0 Å². The van der Waals surface area contributed by atoms with Gasteiger partial charge in [0.1, 0.15) is 18.8 Å². The minimum Gasteiger partial charge on any atom is -0.353 e. The Morgan fingerprint density at radius 2 is 2.16 bits per heavy atom. The molecule has 0 bridgehead atoms. The molecule has 25 heavy (non-hydrogen) atoms. The summed E-state index contributed by atoms with van der Waals surface area (Å²) in [6.07, 6.45) is 14.6. The second kappa shape index (κ2) is 9.30. The van der Waals surface area contributed by atoms with E-state index in [2.05, 4.69) is 28.4 Å². The molecule has 0 N–H and O–H groups in total. The molecule has 1 atom stereocenters. The van der Waals surface area contributed by atoms with Crippen molar-refractivity contribution in [2.45, 2.75) is 46.1 Å². The minimum absolute atomic E-state index is 0.455. The zero-order valence-corrected chi connectivity index (χ0v) is 15.5. The van der Waals surface area contributed by atoms with Gasteiger partial charge in [-0.05, 0) is 57.3 Å². The van der Waals surface area contributed by atoms with Crippen LogP contribution in [0.1, 0.15) is 40.0 Å². The fourth-order valence-corrected chi connectivity index (χ4v) is 3.04. The topological polar surface area (TPSA) is 29.0 Å². The number of piperidine rings is 1. The third-order valence-corrected chi connectivity index (χ3v) is 4.66. The van der Waals surface area contributed by atoms with Crippen molar-refractivity contribution in [2.75, 3.05) is 18.1 Å². The second-order valence-corrected chi connectivity index (χ2v) is 6.46. The van der Waals surface area contributed by atoms with Crippen LogP contribution >= 0.6 is 0 Å². The third-order valence-electron chi connectivity index (χ3n) is 4.66. The fraction of sp³-hybridized carbons (Fsp3) is 0.429. The summed E-state index contributed by atoms with van der Waals surface area (Å²) in [5.41, 5.74) is 1.56. The van der Waals surface area contributed by atoms with Crippen molar-refractivity contribution in [1.82, 2.24) is 9.97 Å². The molecule has 2 rings (SSSR count). The molecule has 1 aromatic rings. The number of allylic oxidation sites excluding steroid dienone is 6. The van der Waals surface area contributed by atoms with E-state index >= 15 is 0 Å². The van der Waals surface area contributed by atoms with E-state index in [4.69, 9.17) is 0 Å². The van der Waals surface area contributed by atoms with E-state index in [1.165, 1.54) is 19.3 Å². The van der Waals surface area contributed by atoms with Gasteiger partial charge >= 0.3 is 0 Å². The summed E-state index contributed by atoms with van der Waals surface area (Å²) < 4.78 is 13.3. The summed E-state index contributed by atoms with van der Waals surface area (Å²) in [5, 5.41) is 1.62. The molecule has 134 valence electrons. The van der Waals surface area contributed by atoms with Crippen LogP contribution in [0.25, 0.3) is 12.7 Å². The fourth-order valence-electron chi connectivity index (χ4n) is 3.04. The molecule has 4 heteroatoms. The summed E-state index contributed by atoms with van der Waals surface area (Å²) in [4.78, 5) is 11.1. The molecular formula is C21H28FN3. The Morgan fingerprint density at radius 3 is 2.84 bits per heavy atom. The standard InChI is InChI=1S/C21H28FN3/c1-5-6-10-19(14-22)16(2)11-12-20-18(4)23-15-24-21(20)25-13-8-7-9-17(25)3/h5-6,10-12,15,17H,4,7-9,13-14H2,1-3H3/b6-5-,16-11+,19-10+,20-12+/t17-/m0/s1. The SMILES string of the molecule is C=c1ncnc(N2CCCC[C@@H]2C)/c1=C/C=C(C)/C(=C/C=C\C)CF. The minimum atomic E-state index is -0.487. The van der Waals surface area contributed by atoms with Crippen molar-refractivity contribution < 1.29 is 4.39 Å². The van der Waals surface area contributed by atoms with Crippen LogP contribution in [-0.4, -0.2) is 29.2 Å². The Kier molecular flexibility index (Phi) is 7.11. The average molecular weight is 341 g/mol. The zero-order valence-electron chi connectivity index (χ0n) is 15.5. The lowest BCUT2D eigenvalue weighted by Gasteiger charge is -2.34. The number of hydrogen-bond donors (Lipinski definition) is 0. The Balaban J connectivity index is 2.46. The first-order valence-corrected chi connectivity index (χ1v) is 8.91. The van der Waals surface area contributed by atoms with Crippen molar-refractivity contribution in [3.63, 3.8) is 0 Å². The van der Waals surface area contributed by atoms with Crippen LogP contribution in [0.4, 0.5) is 10.2 Å². The van der Waals surface area contributed by atoms with Gasteiger partial charge in [0.2, 0.25) is 0 Å². The maximum Gasteiger partial charge on any atom is 0.140 e. The highest BCUT2D eigenvalue weighted by atomic mass is 19.1. The number of aromatic nitrogens is 2. The Bertz CT molecular complexity index is 777. The third kappa shape index (κ3) is 4.88. The lowest BCUT2D eigenvalue weighted by Crippen LogP contribution is -2.44. The lowest BCUT2D eigenvalue weighted by molar-refractivity contribution is 0.480. The van der Waals surface area contributed by atoms with Gasteiger partial charge in [0, 0.05) is 17.8 Å². The monoisotopic (exact) mass is 341 g/mol. The Morgan fingerprint density at radius 1 is 1.36 bits per heavy atom. The smallest absolute Gasteiger partial charge is 0.140 e. The van der Waals surface area contributed by atoms with Gasteiger partial charge in [-0.25, -0.2) is 14.4 Å². The van der Waals surface area contributed by atoms with E-state index in [1.807, 2.05) is 38.2 Å². The van der Waals surface area contributed by atoms with Crippen LogP contribution in [0.3, 0.4) is 0 Å². The Hall–Kier alpha value is -2.23. The highest BCUT2D eigenvalue weighted by molar-refractivity contribution is 5.53. The molecule has 3 nitrogen and oxygen atoms in total. The van der Waals surface area contributed by atoms with Gasteiger partial charge in [-0.3, -0.25) is 0 Å². The maximum atomic E-state index is 13.3. The van der Waals surface area contributed by atoms with E-state index in [9.17, 15) is 4.39 Å². The van der Waals surface area contributed by atoms with Gasteiger partial charge in [0.15, 0.2) is 0 Å². The van der Waals surface area contributed by atoms with Crippen molar-refractivity contribution >= 4 is 18.5 Å². The first kappa shape index (κ1) is 19.1. The number of anilines is 1. The summed E-state index contributed by atoms with van der Waals surface area (Å²) in [6.45, 7) is 10.6. The molecule has 0 aromatic carbocycles. The average Bonchev–Trinajstić information content (AvgIpc) is 2.61. The van der Waals surface area contributed by atoms with E-state index < -0.39 is 6.67 Å². The molecule has 1 aliphatic rings. The predicted molar refractivity (Wildman–Crippen MR) is 105 cm³/mol. The van der Waals surface area contributed by atoms with Crippen LogP contribution in [0, 0.1) is 0 Å². The molecule has 1 aliphatic heterocycles. The van der Waals surface area contributed by atoms with Gasteiger partial charge in [-0.15, -0.1) is 0 Å². The van der Waals surface area contributed by atoms with Crippen molar-refractivity contribution in [1.29, 1.82) is 0 Å². The zero-order chi connectivity index (χ0) is 18.2. The molecule has 0 amide bonds. The van der Waals surface area contributed by atoms with Crippen LogP contribution < -0.4 is 15.5 Å². The molecule has 1 fully saturated rings. The van der Waals surface area contributed by atoms with Crippen LogP contribution in [0.15, 0.2) is 41.8 Å². The normalized spacial score (nSPS) is 20.6. The number of rotatable bonds is 5. The first-order valence-electron chi connectivity index (χ1n) is 8.91. The number of alkyl halides is 1. The lowest BCUT2D eigenvalue weighted by atomic mass is 10.0. The van der Waals surface area contributed by atoms with Gasteiger partial charge in [0.05, 0.1) is 5.35 Å². The van der Waals surface area contributed by atoms with E-state index in [1.54, 1.807) is 12.4 Å². The quantitative estimate of drug-likeness (QED) is 0.768. The second-order valence-electron chi connectivity index (χ2n) is 6.46. The van der Waals surface area contributed by atoms with Gasteiger partial charge in [-0.1, -0.05) is 30.9 Å². The van der Waals surface area contributed by atoms with Gasteiger partial charge < -0.3 is 4.90 Å². The van der Waals surface area contributed by atoms with Gasteiger partial charge in [0.25, 0.3) is 0 Å². The molecule has 0 saturated carbocycles. The molecule has 0 spiro atoms. The van der Waals surface area contributed by atoms with Crippen LogP contribution in [0.5, 0.6) is 0 Å².